The molecule has 0 saturated carbocycles. The highest BCUT2D eigenvalue weighted by molar-refractivity contribution is 8.00. The molecule has 244 valence electrons. The summed E-state index contributed by atoms with van der Waals surface area (Å²) in [4.78, 5) is 29.7. The Balaban J connectivity index is 1.30. The van der Waals surface area contributed by atoms with Crippen LogP contribution in [-0.2, 0) is 22.4 Å². The molecule has 0 spiro atoms. The van der Waals surface area contributed by atoms with Crippen molar-refractivity contribution in [3.05, 3.63) is 46.6 Å². The molecule has 1 aromatic heterocycles. The first kappa shape index (κ1) is 34.2. The summed E-state index contributed by atoms with van der Waals surface area (Å²) >= 11 is 1.31. The predicted molar refractivity (Wildman–Crippen MR) is 171 cm³/mol. The van der Waals surface area contributed by atoms with Gasteiger partial charge in [-0.05, 0) is 50.8 Å². The normalized spacial score (nSPS) is 23.2. The number of benzene rings is 1. The second-order valence-corrected chi connectivity index (χ2v) is 14.3. The number of aliphatic hydroxyl groups excluding tert-OH is 3. The topological polar surface area (TPSA) is 151 Å². The quantitative estimate of drug-likeness (QED) is 0.237. The van der Waals surface area contributed by atoms with E-state index in [0.717, 1.165) is 41.9 Å². The number of nitrogens with one attached hydrogen (secondary N) is 2. The highest BCUT2D eigenvalue weighted by Gasteiger charge is 2.38. The van der Waals surface area contributed by atoms with Crippen molar-refractivity contribution in [2.24, 2.45) is 0 Å². The lowest BCUT2D eigenvalue weighted by molar-refractivity contribution is -0.141. The molecule has 2 amide bonds. The molecule has 0 radical (unpaired) electrons. The summed E-state index contributed by atoms with van der Waals surface area (Å²) in [6, 6.07) is 8.30. The molecule has 12 heteroatoms. The highest BCUT2D eigenvalue weighted by Crippen LogP contribution is 2.36. The Hall–Kier alpha value is -2.64. The molecule has 0 aliphatic carbocycles. The number of aromatic nitrogens is 2. The van der Waals surface area contributed by atoms with Crippen LogP contribution in [0.5, 0.6) is 5.88 Å². The van der Waals surface area contributed by atoms with Gasteiger partial charge in [0.25, 0.3) is 0 Å². The van der Waals surface area contributed by atoms with Gasteiger partial charge in [0, 0.05) is 56.7 Å². The number of piperazine rings is 1. The van der Waals surface area contributed by atoms with Crippen LogP contribution in [0.2, 0.25) is 0 Å². The smallest absolute Gasteiger partial charge is 0.247 e. The van der Waals surface area contributed by atoms with Crippen molar-refractivity contribution in [1.82, 2.24) is 25.3 Å². The van der Waals surface area contributed by atoms with Gasteiger partial charge in [0.15, 0.2) is 0 Å². The van der Waals surface area contributed by atoms with Crippen molar-refractivity contribution < 1.29 is 29.6 Å². The fraction of sp³-hybridized carbons (Fsp3) is 0.656. The number of carbonyl (C=O) groups excluding carboxylic acids is 2. The van der Waals surface area contributed by atoms with Gasteiger partial charge in [-0.2, -0.15) is 0 Å². The number of thioether (sulfide) groups is 1. The molecular weight excluding hydrogens is 582 g/mol. The molecule has 0 bridgehead atoms. The Morgan fingerprint density at radius 3 is 2.43 bits per heavy atom. The fourth-order valence-corrected chi connectivity index (χ4v) is 7.00. The van der Waals surface area contributed by atoms with E-state index in [4.69, 9.17) is 4.74 Å². The number of rotatable bonds is 12. The van der Waals surface area contributed by atoms with Gasteiger partial charge in [0.1, 0.15) is 11.0 Å². The van der Waals surface area contributed by atoms with Crippen molar-refractivity contribution in [3.63, 3.8) is 0 Å². The van der Waals surface area contributed by atoms with Crippen LogP contribution >= 0.6 is 11.8 Å². The summed E-state index contributed by atoms with van der Waals surface area (Å²) in [7, 11) is 2.04. The van der Waals surface area contributed by atoms with Gasteiger partial charge in [-0.3, -0.25) is 14.7 Å². The lowest BCUT2D eigenvalue weighted by Crippen LogP contribution is -2.59. The molecule has 11 nitrogen and oxygen atoms in total. The van der Waals surface area contributed by atoms with Gasteiger partial charge in [-0.15, -0.1) is 16.9 Å². The number of hydrogen-bond acceptors (Lipinski definition) is 9. The van der Waals surface area contributed by atoms with Crippen molar-refractivity contribution in [3.8, 4) is 5.88 Å². The number of aliphatic hydroxyl groups is 3. The van der Waals surface area contributed by atoms with Crippen LogP contribution in [0, 0.1) is 0 Å². The van der Waals surface area contributed by atoms with Crippen molar-refractivity contribution >= 4 is 23.6 Å². The number of aryl methyl sites for hydroxylation is 1. The molecule has 5 N–H and O–H groups in total. The van der Waals surface area contributed by atoms with Crippen molar-refractivity contribution in [1.29, 1.82) is 0 Å². The molecule has 2 fully saturated rings. The minimum Gasteiger partial charge on any atom is -0.462 e. The monoisotopic (exact) mass is 631 g/mol. The Morgan fingerprint density at radius 1 is 1.14 bits per heavy atom. The SMILES string of the molecule is CC(C)c1[nH]nc(O[C@H]2C[C@@H](O)[C@H](O)[C@@H](CO)S2)c1Cc1ccc(CCCC(=O)NC(C)(C)C(=O)N2CCN(C)CC2)cc1. The van der Waals surface area contributed by atoms with Crippen LogP contribution in [0.4, 0.5) is 0 Å². The lowest BCUT2D eigenvalue weighted by atomic mass is 9.98. The van der Waals surface area contributed by atoms with E-state index in [0.29, 0.717) is 38.2 Å². The maximum Gasteiger partial charge on any atom is 0.247 e. The summed E-state index contributed by atoms with van der Waals surface area (Å²) in [6.07, 6.45) is 0.641. The molecule has 2 aliphatic heterocycles. The summed E-state index contributed by atoms with van der Waals surface area (Å²) in [5.41, 5.74) is 2.76. The maximum absolute atomic E-state index is 13.0. The van der Waals surface area contributed by atoms with Gasteiger partial charge >= 0.3 is 0 Å². The molecule has 44 heavy (non-hydrogen) atoms. The zero-order chi connectivity index (χ0) is 32.0. The van der Waals surface area contributed by atoms with Crippen molar-refractivity contribution in [2.75, 3.05) is 39.8 Å². The fourth-order valence-electron chi connectivity index (χ4n) is 5.72. The van der Waals surface area contributed by atoms with Crippen molar-refractivity contribution in [2.45, 2.75) is 94.1 Å². The van der Waals surface area contributed by atoms with Crippen LogP contribution in [0.15, 0.2) is 24.3 Å². The van der Waals surface area contributed by atoms with E-state index >= 15 is 0 Å². The Labute approximate surface area is 264 Å². The van der Waals surface area contributed by atoms with Crippen LogP contribution < -0.4 is 10.1 Å². The number of hydrogen-bond donors (Lipinski definition) is 5. The zero-order valence-electron chi connectivity index (χ0n) is 26.6. The van der Waals surface area contributed by atoms with E-state index in [1.54, 1.807) is 13.8 Å². The first-order chi connectivity index (χ1) is 20.9. The minimum absolute atomic E-state index is 0.0374. The zero-order valence-corrected chi connectivity index (χ0v) is 27.4. The molecule has 3 heterocycles. The highest BCUT2D eigenvalue weighted by atomic mass is 32.2. The Bertz CT molecular complexity index is 1240. The number of likely N-dealkylation sites (N-methyl/N-ethyl adjacent to an activating group) is 1. The summed E-state index contributed by atoms with van der Waals surface area (Å²) in [6.45, 7) is 10.5. The molecular formula is C32H49N5O6S. The Morgan fingerprint density at radius 2 is 1.80 bits per heavy atom. The maximum atomic E-state index is 13.0. The van der Waals surface area contributed by atoms with Crippen LogP contribution in [0.3, 0.4) is 0 Å². The molecule has 1 aromatic carbocycles. The third-order valence-electron chi connectivity index (χ3n) is 8.45. The van der Waals surface area contributed by atoms with E-state index in [-0.39, 0.29) is 30.8 Å². The number of H-pyrrole nitrogens is 1. The third-order valence-corrected chi connectivity index (χ3v) is 9.82. The summed E-state index contributed by atoms with van der Waals surface area (Å²) in [5, 5.41) is 39.9. The number of amides is 2. The summed E-state index contributed by atoms with van der Waals surface area (Å²) < 4.78 is 6.20. The minimum atomic E-state index is -0.995. The second kappa shape index (κ2) is 15.1. The molecule has 0 unspecified atom stereocenters. The number of carbonyl (C=O) groups is 2. The van der Waals surface area contributed by atoms with Gasteiger partial charge in [-0.25, -0.2) is 0 Å². The van der Waals surface area contributed by atoms with Crippen LogP contribution in [-0.4, -0.2) is 115 Å². The molecule has 2 aliphatic rings. The largest absolute Gasteiger partial charge is 0.462 e. The first-order valence-electron chi connectivity index (χ1n) is 15.6. The lowest BCUT2D eigenvalue weighted by Gasteiger charge is -2.37. The van der Waals surface area contributed by atoms with Gasteiger partial charge < -0.3 is 35.2 Å². The van der Waals surface area contributed by atoms with E-state index in [1.807, 2.05) is 11.9 Å². The van der Waals surface area contributed by atoms with E-state index in [1.165, 1.54) is 11.8 Å². The van der Waals surface area contributed by atoms with Crippen LogP contribution in [0.25, 0.3) is 0 Å². The number of nitrogens with zero attached hydrogens (tertiary/aromatic N) is 3. The third kappa shape index (κ3) is 8.75. The van der Waals surface area contributed by atoms with Crippen LogP contribution in [0.1, 0.15) is 75.3 Å². The molecule has 4 rings (SSSR count). The van der Waals surface area contributed by atoms with E-state index < -0.39 is 28.4 Å². The predicted octanol–water partition coefficient (Wildman–Crippen LogP) is 2.04. The first-order valence-corrected chi connectivity index (χ1v) is 16.5. The molecule has 4 atom stereocenters. The standard InChI is InChI=1S/C32H49N5O6S/c1-20(2)28-23(30(35-34-28)43-27-18-24(39)29(41)25(19-38)44-27)17-22-11-9-21(10-12-22)7-6-8-26(40)33-32(3,4)31(42)37-15-13-36(5)14-16-37/h9-12,20,24-25,27,29,38-39,41H,6-8,13-19H2,1-5H3,(H,33,40)(H,34,35)/t24-,25-,27-,29+/m1/s1. The van der Waals surface area contributed by atoms with Gasteiger partial charge in [-0.1, -0.05) is 38.1 Å². The molecule has 2 saturated heterocycles. The van der Waals surface area contributed by atoms with Gasteiger partial charge in [0.05, 0.1) is 24.1 Å². The van der Waals surface area contributed by atoms with E-state index in [9.17, 15) is 24.9 Å². The van der Waals surface area contributed by atoms with E-state index in [2.05, 4.69) is 58.5 Å². The molecule has 2 aromatic rings. The number of aromatic amines is 1. The average Bonchev–Trinajstić information content (AvgIpc) is 3.37. The second-order valence-electron chi connectivity index (χ2n) is 12.9. The average molecular weight is 632 g/mol. The summed E-state index contributed by atoms with van der Waals surface area (Å²) in [5.74, 6) is 0.505. The Kier molecular flexibility index (Phi) is 11.7. The van der Waals surface area contributed by atoms with Gasteiger partial charge in [0.2, 0.25) is 17.7 Å². The number of ether oxygens (including phenoxy) is 1.